The topological polar surface area (TPSA) is 12.5 Å². The molecule has 1 aliphatic heterocycles. The van der Waals surface area contributed by atoms with E-state index in [9.17, 15) is 0 Å². The van der Waals surface area contributed by atoms with Crippen molar-refractivity contribution in [3.63, 3.8) is 0 Å². The van der Waals surface area contributed by atoms with E-state index in [4.69, 9.17) is 16.4 Å². The van der Waals surface area contributed by atoms with Gasteiger partial charge in [0, 0.05) is 10.7 Å². The minimum atomic E-state index is 0.144. The fraction of sp³-hybridized carbons (Fsp3) is 0.273. The van der Waals surface area contributed by atoms with E-state index in [1.807, 2.05) is 43.2 Å². The van der Waals surface area contributed by atoms with Gasteiger partial charge in [0.2, 0.25) is 0 Å². The number of anilines is 1. The Balaban J connectivity index is 2.25. The van der Waals surface area contributed by atoms with Gasteiger partial charge in [0.15, 0.2) is 0 Å². The lowest BCUT2D eigenvalue weighted by molar-refractivity contribution is 0.111. The molecule has 3 heteroatoms. The molecule has 0 bridgehead atoms. The molecule has 1 heterocycles. The molecular weight excluding hydrogens is 198 g/mol. The first-order chi connectivity index (χ1) is 6.66. The smallest absolute Gasteiger partial charge is 0.103 e. The molecule has 0 saturated heterocycles. The number of hydroxylamine groups is 1. The highest BCUT2D eigenvalue weighted by atomic mass is 35.5. The van der Waals surface area contributed by atoms with Gasteiger partial charge in [-0.25, -0.2) is 5.06 Å². The first kappa shape index (κ1) is 9.56. The molecule has 0 saturated carbocycles. The second-order valence-corrected chi connectivity index (χ2v) is 3.83. The average Bonchev–Trinajstić information content (AvgIpc) is 2.47. The van der Waals surface area contributed by atoms with Gasteiger partial charge in [-0.1, -0.05) is 11.6 Å². The monoisotopic (exact) mass is 209 g/mol. The van der Waals surface area contributed by atoms with Gasteiger partial charge in [0.25, 0.3) is 0 Å². The summed E-state index contributed by atoms with van der Waals surface area (Å²) in [6.07, 6.45) is 2.22. The Labute approximate surface area is 88.7 Å². The molecular formula is C11H12ClNO. The van der Waals surface area contributed by atoms with E-state index in [-0.39, 0.29) is 6.10 Å². The highest BCUT2D eigenvalue weighted by molar-refractivity contribution is 6.30. The Morgan fingerprint density at radius 1 is 1.29 bits per heavy atom. The molecule has 0 amide bonds. The van der Waals surface area contributed by atoms with Gasteiger partial charge in [-0.05, 0) is 44.2 Å². The molecule has 0 N–H and O–H groups in total. The third kappa shape index (κ3) is 1.76. The largest absolute Gasteiger partial charge is 0.262 e. The summed E-state index contributed by atoms with van der Waals surface area (Å²) in [6.45, 7) is 4.04. The summed E-state index contributed by atoms with van der Waals surface area (Å²) in [6, 6.07) is 7.60. The average molecular weight is 210 g/mol. The number of hydrogen-bond donors (Lipinski definition) is 0. The number of halogens is 1. The zero-order valence-electron chi connectivity index (χ0n) is 8.20. The van der Waals surface area contributed by atoms with Crippen molar-refractivity contribution in [2.75, 3.05) is 5.06 Å². The van der Waals surface area contributed by atoms with Crippen molar-refractivity contribution in [1.82, 2.24) is 0 Å². The minimum absolute atomic E-state index is 0.144. The van der Waals surface area contributed by atoms with E-state index in [2.05, 4.69) is 6.08 Å². The standard InChI is InChI=1S/C11H12ClNO/c1-8-7-9(2)14-13(8)11-5-3-10(12)4-6-11/h3-7,9H,1-2H3. The van der Waals surface area contributed by atoms with Gasteiger partial charge in [-0.15, -0.1) is 0 Å². The van der Waals surface area contributed by atoms with E-state index >= 15 is 0 Å². The quantitative estimate of drug-likeness (QED) is 0.703. The maximum Gasteiger partial charge on any atom is 0.103 e. The summed E-state index contributed by atoms with van der Waals surface area (Å²) in [7, 11) is 0. The van der Waals surface area contributed by atoms with Crippen LogP contribution in [0, 0.1) is 0 Å². The summed E-state index contributed by atoms with van der Waals surface area (Å²) >= 11 is 5.81. The van der Waals surface area contributed by atoms with Crippen molar-refractivity contribution in [1.29, 1.82) is 0 Å². The van der Waals surface area contributed by atoms with Crippen LogP contribution in [0.1, 0.15) is 13.8 Å². The van der Waals surface area contributed by atoms with Gasteiger partial charge in [0.05, 0.1) is 5.69 Å². The van der Waals surface area contributed by atoms with Crippen LogP contribution in [0.15, 0.2) is 36.0 Å². The molecule has 1 unspecified atom stereocenters. The lowest BCUT2D eigenvalue weighted by Gasteiger charge is -2.19. The van der Waals surface area contributed by atoms with Crippen LogP contribution >= 0.6 is 11.6 Å². The zero-order valence-corrected chi connectivity index (χ0v) is 8.95. The molecule has 1 atom stereocenters. The van der Waals surface area contributed by atoms with E-state index < -0.39 is 0 Å². The molecule has 0 fully saturated rings. The third-order valence-corrected chi connectivity index (χ3v) is 2.38. The number of allylic oxidation sites excluding steroid dienone is 1. The summed E-state index contributed by atoms with van der Waals surface area (Å²) in [5, 5.41) is 2.56. The Bertz CT molecular complexity index is 358. The predicted molar refractivity (Wildman–Crippen MR) is 58.2 cm³/mol. The van der Waals surface area contributed by atoms with Crippen molar-refractivity contribution < 1.29 is 4.84 Å². The zero-order chi connectivity index (χ0) is 10.1. The molecule has 1 aromatic rings. The van der Waals surface area contributed by atoms with Crippen LogP contribution in [-0.2, 0) is 4.84 Å². The molecule has 0 spiro atoms. The Hall–Kier alpha value is -0.990. The van der Waals surface area contributed by atoms with Crippen LogP contribution in [0.2, 0.25) is 5.02 Å². The summed E-state index contributed by atoms with van der Waals surface area (Å²) in [5.41, 5.74) is 2.12. The normalized spacial score (nSPS) is 21.2. The van der Waals surface area contributed by atoms with Gasteiger partial charge in [-0.2, -0.15) is 0 Å². The Morgan fingerprint density at radius 2 is 1.93 bits per heavy atom. The maximum atomic E-state index is 5.81. The van der Waals surface area contributed by atoms with Crippen molar-refractivity contribution >= 4 is 17.3 Å². The Morgan fingerprint density at radius 3 is 2.43 bits per heavy atom. The van der Waals surface area contributed by atoms with Crippen LogP contribution in [-0.4, -0.2) is 6.10 Å². The first-order valence-electron chi connectivity index (χ1n) is 4.58. The molecule has 0 radical (unpaired) electrons. The second-order valence-electron chi connectivity index (χ2n) is 3.39. The summed E-state index contributed by atoms with van der Waals surface area (Å²) in [5.74, 6) is 0. The fourth-order valence-corrected chi connectivity index (χ4v) is 1.65. The van der Waals surface area contributed by atoms with E-state index in [1.54, 1.807) is 0 Å². The molecule has 74 valence electrons. The lowest BCUT2D eigenvalue weighted by Crippen LogP contribution is -2.17. The maximum absolute atomic E-state index is 5.81. The van der Waals surface area contributed by atoms with Crippen LogP contribution < -0.4 is 5.06 Å². The highest BCUT2D eigenvalue weighted by Gasteiger charge is 2.19. The van der Waals surface area contributed by atoms with Crippen LogP contribution in [0.5, 0.6) is 0 Å². The lowest BCUT2D eigenvalue weighted by atomic mass is 10.3. The summed E-state index contributed by atoms with van der Waals surface area (Å²) in [4.78, 5) is 5.60. The first-order valence-corrected chi connectivity index (χ1v) is 4.95. The number of nitrogens with zero attached hydrogens (tertiary/aromatic N) is 1. The van der Waals surface area contributed by atoms with Crippen LogP contribution in [0.4, 0.5) is 5.69 Å². The molecule has 0 aromatic heterocycles. The second kappa shape index (κ2) is 3.64. The van der Waals surface area contributed by atoms with Crippen LogP contribution in [0.25, 0.3) is 0 Å². The van der Waals surface area contributed by atoms with Crippen molar-refractivity contribution in [3.05, 3.63) is 41.1 Å². The third-order valence-electron chi connectivity index (χ3n) is 2.13. The molecule has 2 rings (SSSR count). The number of rotatable bonds is 1. The SMILES string of the molecule is CC1=CC(C)ON1c1ccc(Cl)cc1. The minimum Gasteiger partial charge on any atom is -0.262 e. The van der Waals surface area contributed by atoms with Gasteiger partial charge in [-0.3, -0.25) is 4.84 Å². The van der Waals surface area contributed by atoms with Crippen LogP contribution in [0.3, 0.4) is 0 Å². The van der Waals surface area contributed by atoms with Crippen molar-refractivity contribution in [3.8, 4) is 0 Å². The molecule has 1 aromatic carbocycles. The molecule has 14 heavy (non-hydrogen) atoms. The fourth-order valence-electron chi connectivity index (χ4n) is 1.53. The summed E-state index contributed by atoms with van der Waals surface area (Å²) < 4.78 is 0. The molecule has 0 aliphatic carbocycles. The van der Waals surface area contributed by atoms with E-state index in [0.29, 0.717) is 0 Å². The molecule has 1 aliphatic rings. The van der Waals surface area contributed by atoms with Gasteiger partial charge < -0.3 is 0 Å². The van der Waals surface area contributed by atoms with E-state index in [1.165, 1.54) is 0 Å². The molecule has 2 nitrogen and oxygen atoms in total. The predicted octanol–water partition coefficient (Wildman–Crippen LogP) is 3.38. The van der Waals surface area contributed by atoms with Crippen molar-refractivity contribution in [2.45, 2.75) is 20.0 Å². The van der Waals surface area contributed by atoms with E-state index in [0.717, 1.165) is 16.4 Å². The Kier molecular flexibility index (Phi) is 2.48. The van der Waals surface area contributed by atoms with Gasteiger partial charge >= 0.3 is 0 Å². The van der Waals surface area contributed by atoms with Gasteiger partial charge in [0.1, 0.15) is 6.10 Å². The highest BCUT2D eigenvalue weighted by Crippen LogP contribution is 2.27. The number of benzene rings is 1. The number of hydrogen-bond acceptors (Lipinski definition) is 2. The van der Waals surface area contributed by atoms with Crippen molar-refractivity contribution in [2.24, 2.45) is 0 Å².